The van der Waals surface area contributed by atoms with Gasteiger partial charge >= 0.3 is 0 Å². The molecule has 1 saturated heterocycles. The number of halogens is 1. The highest BCUT2D eigenvalue weighted by Gasteiger charge is 2.36. The number of nitrogens with zero attached hydrogens (tertiary/aromatic N) is 1. The summed E-state index contributed by atoms with van der Waals surface area (Å²) in [5, 5.41) is 0.182. The second-order valence-corrected chi connectivity index (χ2v) is 8.61. The molecule has 32 heavy (non-hydrogen) atoms. The summed E-state index contributed by atoms with van der Waals surface area (Å²) in [6.45, 7) is 2.45. The van der Waals surface area contributed by atoms with E-state index in [0.29, 0.717) is 33.7 Å². The Balaban J connectivity index is 1.52. The number of carbonyl (C=O) groups excluding carboxylic acids is 2. The third-order valence-corrected chi connectivity index (χ3v) is 6.00. The fraction of sp³-hybridized carbons (Fsp3) is 0.120. The molecule has 0 bridgehead atoms. The number of hydrogen-bond donors (Lipinski definition) is 0. The maximum atomic E-state index is 12.8. The summed E-state index contributed by atoms with van der Waals surface area (Å²) in [4.78, 5) is 26.8. The number of thioether (sulfide) groups is 1. The van der Waals surface area contributed by atoms with Gasteiger partial charge in [-0.25, -0.2) is 4.90 Å². The Morgan fingerprint density at radius 1 is 0.969 bits per heavy atom. The minimum absolute atomic E-state index is 0.334. The normalized spacial score (nSPS) is 14.8. The summed E-state index contributed by atoms with van der Waals surface area (Å²) in [5.41, 5.74) is 3.46. The second-order valence-electron chi connectivity index (χ2n) is 7.18. The third kappa shape index (κ3) is 4.82. The van der Waals surface area contributed by atoms with E-state index in [0.717, 1.165) is 27.8 Å². The smallest absolute Gasteiger partial charge is 0.298 e. The molecule has 5 nitrogen and oxygen atoms in total. The first kappa shape index (κ1) is 22.0. The predicted octanol–water partition coefficient (Wildman–Crippen LogP) is 6.48. The molecule has 1 aliphatic rings. The number of imide groups is 1. The lowest BCUT2D eigenvalue weighted by Crippen LogP contribution is -2.27. The van der Waals surface area contributed by atoms with Crippen LogP contribution in [0.2, 0.25) is 5.02 Å². The van der Waals surface area contributed by atoms with E-state index in [9.17, 15) is 9.59 Å². The maximum Gasteiger partial charge on any atom is 0.298 e. The number of aryl methyl sites for hydroxylation is 1. The van der Waals surface area contributed by atoms with Crippen LogP contribution < -0.4 is 14.4 Å². The molecule has 2 amide bonds. The molecule has 7 heteroatoms. The molecule has 0 aliphatic carbocycles. The fourth-order valence-corrected chi connectivity index (χ4v) is 4.14. The van der Waals surface area contributed by atoms with Crippen molar-refractivity contribution in [2.24, 2.45) is 0 Å². The van der Waals surface area contributed by atoms with Crippen LogP contribution in [0.5, 0.6) is 11.5 Å². The number of hydrogen-bond acceptors (Lipinski definition) is 5. The zero-order valence-electron chi connectivity index (χ0n) is 17.5. The van der Waals surface area contributed by atoms with Gasteiger partial charge in [0, 0.05) is 5.02 Å². The molecule has 1 heterocycles. The SMILES string of the molecule is COc1cc(/C=C2/SC(=O)N(c3ccc(Cl)cc3)C2=O)ccc1OCc1ccc(C)cc1. The molecule has 1 fully saturated rings. The Hall–Kier alpha value is -3.22. The van der Waals surface area contributed by atoms with E-state index in [1.807, 2.05) is 37.3 Å². The first-order valence-corrected chi connectivity index (χ1v) is 11.0. The van der Waals surface area contributed by atoms with Crippen LogP contribution in [0.4, 0.5) is 10.5 Å². The number of ether oxygens (including phenoxy) is 2. The van der Waals surface area contributed by atoms with Crippen molar-refractivity contribution in [3.8, 4) is 11.5 Å². The van der Waals surface area contributed by atoms with Crippen LogP contribution >= 0.6 is 23.4 Å². The molecule has 3 aromatic rings. The third-order valence-electron chi connectivity index (χ3n) is 4.88. The number of anilines is 1. The van der Waals surface area contributed by atoms with E-state index >= 15 is 0 Å². The highest BCUT2D eigenvalue weighted by molar-refractivity contribution is 8.19. The Morgan fingerprint density at radius 2 is 1.69 bits per heavy atom. The molecule has 162 valence electrons. The van der Waals surface area contributed by atoms with Crippen molar-refractivity contribution in [2.75, 3.05) is 12.0 Å². The minimum Gasteiger partial charge on any atom is -0.493 e. The van der Waals surface area contributed by atoms with Crippen molar-refractivity contribution in [1.29, 1.82) is 0 Å². The van der Waals surface area contributed by atoms with Crippen LogP contribution in [0.1, 0.15) is 16.7 Å². The second kappa shape index (κ2) is 9.51. The van der Waals surface area contributed by atoms with E-state index < -0.39 is 0 Å². The molecule has 4 rings (SSSR count). The number of benzene rings is 3. The zero-order chi connectivity index (χ0) is 22.7. The van der Waals surface area contributed by atoms with Crippen molar-refractivity contribution < 1.29 is 19.1 Å². The van der Waals surface area contributed by atoms with Gasteiger partial charge in [-0.2, -0.15) is 0 Å². The van der Waals surface area contributed by atoms with Gasteiger partial charge in [0.15, 0.2) is 11.5 Å². The molecule has 3 aromatic carbocycles. The number of methoxy groups -OCH3 is 1. The van der Waals surface area contributed by atoms with Gasteiger partial charge in [-0.1, -0.05) is 47.5 Å². The highest BCUT2D eigenvalue weighted by Crippen LogP contribution is 2.37. The van der Waals surface area contributed by atoms with Crippen molar-refractivity contribution >= 4 is 46.3 Å². The van der Waals surface area contributed by atoms with Gasteiger partial charge in [-0.3, -0.25) is 9.59 Å². The molecule has 0 N–H and O–H groups in total. The Kier molecular flexibility index (Phi) is 6.53. The van der Waals surface area contributed by atoms with Crippen LogP contribution in [-0.4, -0.2) is 18.3 Å². The van der Waals surface area contributed by atoms with Crippen LogP contribution in [-0.2, 0) is 11.4 Å². The molecular formula is C25H20ClNO4S. The summed E-state index contributed by atoms with van der Waals surface area (Å²) < 4.78 is 11.4. The lowest BCUT2D eigenvalue weighted by atomic mass is 10.1. The first-order chi connectivity index (χ1) is 15.4. The monoisotopic (exact) mass is 465 g/mol. The molecule has 0 spiro atoms. The average molecular weight is 466 g/mol. The van der Waals surface area contributed by atoms with E-state index in [4.69, 9.17) is 21.1 Å². The van der Waals surface area contributed by atoms with Gasteiger partial charge in [-0.15, -0.1) is 0 Å². The molecule has 0 saturated carbocycles. The largest absolute Gasteiger partial charge is 0.493 e. The highest BCUT2D eigenvalue weighted by atomic mass is 35.5. The lowest BCUT2D eigenvalue weighted by molar-refractivity contribution is -0.113. The topological polar surface area (TPSA) is 55.8 Å². The van der Waals surface area contributed by atoms with Crippen molar-refractivity contribution in [2.45, 2.75) is 13.5 Å². The number of rotatable bonds is 6. The van der Waals surface area contributed by atoms with Crippen LogP contribution in [0.15, 0.2) is 71.6 Å². The predicted molar refractivity (Wildman–Crippen MR) is 128 cm³/mol. The van der Waals surface area contributed by atoms with Gasteiger partial charge in [0.1, 0.15) is 6.61 Å². The molecule has 0 radical (unpaired) electrons. The standard InChI is InChI=1S/C25H20ClNO4S/c1-16-3-5-17(6-4-16)15-31-21-12-7-18(13-22(21)30-2)14-23-24(28)27(25(29)32-23)20-10-8-19(26)9-11-20/h3-14H,15H2,1-2H3/b23-14+. The van der Waals surface area contributed by atoms with Gasteiger partial charge < -0.3 is 9.47 Å². The maximum absolute atomic E-state index is 12.8. The van der Waals surface area contributed by atoms with E-state index in [1.54, 1.807) is 49.6 Å². The van der Waals surface area contributed by atoms with E-state index in [2.05, 4.69) is 0 Å². The first-order valence-electron chi connectivity index (χ1n) is 9.84. The molecular weight excluding hydrogens is 446 g/mol. The van der Waals surface area contributed by atoms with Gasteiger partial charge in [0.05, 0.1) is 17.7 Å². The fourth-order valence-electron chi connectivity index (χ4n) is 3.17. The van der Waals surface area contributed by atoms with Gasteiger partial charge in [0.2, 0.25) is 0 Å². The lowest BCUT2D eigenvalue weighted by Gasteiger charge is -2.12. The van der Waals surface area contributed by atoms with E-state index in [-0.39, 0.29) is 11.1 Å². The molecule has 0 atom stereocenters. The molecule has 0 aromatic heterocycles. The Bertz CT molecular complexity index is 1190. The van der Waals surface area contributed by atoms with Crippen LogP contribution in [0.25, 0.3) is 6.08 Å². The molecule has 0 unspecified atom stereocenters. The van der Waals surface area contributed by atoms with Crippen LogP contribution in [0.3, 0.4) is 0 Å². The van der Waals surface area contributed by atoms with Crippen LogP contribution in [0, 0.1) is 6.92 Å². The Labute approximate surface area is 195 Å². The average Bonchev–Trinajstić information content (AvgIpc) is 3.07. The zero-order valence-corrected chi connectivity index (χ0v) is 19.1. The quantitative estimate of drug-likeness (QED) is 0.390. The van der Waals surface area contributed by atoms with Crippen molar-refractivity contribution in [3.63, 3.8) is 0 Å². The van der Waals surface area contributed by atoms with Gasteiger partial charge in [-0.05, 0) is 72.3 Å². The molecule has 1 aliphatic heterocycles. The summed E-state index contributed by atoms with van der Waals surface area (Å²) in [6.07, 6.45) is 1.67. The summed E-state index contributed by atoms with van der Waals surface area (Å²) in [5.74, 6) is 0.767. The summed E-state index contributed by atoms with van der Waals surface area (Å²) >= 11 is 6.80. The van der Waals surface area contributed by atoms with Gasteiger partial charge in [0.25, 0.3) is 11.1 Å². The minimum atomic E-state index is -0.374. The van der Waals surface area contributed by atoms with Crippen molar-refractivity contribution in [3.05, 3.63) is 93.3 Å². The summed E-state index contributed by atoms with van der Waals surface area (Å²) in [7, 11) is 1.56. The van der Waals surface area contributed by atoms with Crippen molar-refractivity contribution in [1.82, 2.24) is 0 Å². The number of carbonyl (C=O) groups is 2. The summed E-state index contributed by atoms with van der Waals surface area (Å²) in [6, 6.07) is 20.1. The Morgan fingerprint density at radius 3 is 2.38 bits per heavy atom. The number of amides is 2. The van der Waals surface area contributed by atoms with E-state index in [1.165, 1.54) is 5.56 Å².